The van der Waals surface area contributed by atoms with Gasteiger partial charge < -0.3 is 45.1 Å². The molecule has 1 aliphatic heterocycles. The first-order valence-electron chi connectivity index (χ1n) is 30.8. The molecule has 438 valence electrons. The first-order valence-corrected chi connectivity index (χ1v) is 30.8. The van der Waals surface area contributed by atoms with E-state index in [0.717, 1.165) is 103 Å². The second-order valence-corrected chi connectivity index (χ2v) is 21.0. The highest BCUT2D eigenvalue weighted by atomic mass is 16.7. The van der Waals surface area contributed by atoms with Crippen molar-refractivity contribution in [1.82, 2.24) is 5.32 Å². The molecule has 1 heterocycles. The highest BCUT2D eigenvalue weighted by molar-refractivity contribution is 5.76. The molecule has 0 bridgehead atoms. The number of aliphatic hydroxyl groups is 5. The maximum absolute atomic E-state index is 13.0. The van der Waals surface area contributed by atoms with Crippen LogP contribution in [0.15, 0.2) is 85.1 Å². The second-order valence-electron chi connectivity index (χ2n) is 21.0. The van der Waals surface area contributed by atoms with Gasteiger partial charge in [0.2, 0.25) is 5.91 Å². The average Bonchev–Trinajstić information content (AvgIpc) is 3.42. The van der Waals surface area contributed by atoms with Crippen LogP contribution in [-0.2, 0) is 23.8 Å². The van der Waals surface area contributed by atoms with E-state index >= 15 is 0 Å². The minimum absolute atomic E-state index is 0.0203. The lowest BCUT2D eigenvalue weighted by Crippen LogP contribution is -2.60. The number of nitrogens with one attached hydrogen (secondary N) is 1. The number of unbranched alkanes of at least 4 members (excludes halogenated alkanes) is 27. The minimum Gasteiger partial charge on any atom is -0.466 e. The number of hydrogen-bond donors (Lipinski definition) is 6. The largest absolute Gasteiger partial charge is 0.466 e. The lowest BCUT2D eigenvalue weighted by Gasteiger charge is -2.40. The Kier molecular flexibility index (Phi) is 50.2. The van der Waals surface area contributed by atoms with Gasteiger partial charge in [-0.05, 0) is 116 Å². The number of carbonyl (C=O) groups excluding carboxylic acids is 2. The van der Waals surface area contributed by atoms with Crippen LogP contribution in [0.2, 0.25) is 0 Å². The van der Waals surface area contributed by atoms with E-state index in [4.69, 9.17) is 14.2 Å². The molecule has 11 heteroatoms. The van der Waals surface area contributed by atoms with E-state index in [2.05, 4.69) is 79.1 Å². The number of ether oxygens (including phenoxy) is 3. The molecule has 7 atom stereocenters. The van der Waals surface area contributed by atoms with Gasteiger partial charge in [0.05, 0.1) is 32.0 Å². The molecule has 0 aliphatic carbocycles. The lowest BCUT2D eigenvalue weighted by molar-refractivity contribution is -0.302. The van der Waals surface area contributed by atoms with Crippen LogP contribution in [0.25, 0.3) is 0 Å². The maximum atomic E-state index is 13.0. The number of hydrogen-bond acceptors (Lipinski definition) is 10. The standard InChI is InChI=1S/C65H113NO10/c1-3-5-7-9-11-13-14-15-16-27-30-33-37-41-45-49-53-61(70)74-54-50-46-42-38-34-31-28-25-23-21-19-17-18-20-22-24-26-29-32-36-40-44-48-52-60(69)66-57(58(68)51-47-43-39-35-12-10-8-6-4-2)56-75-65-64(73)63(72)62(71)59(55-67)76-65/h4,6,12-14,16-17,19-20,22,27,35,47,51,57-59,62-65,67-68,71-73H,3,5,7-11,15,18,21,23-26,28-34,36-46,48-50,52-56H2,1-2H3,(H,66,69)/b6-4+,14-13-,19-17-,22-20-,27-16-,35-12+,51-47+. The van der Waals surface area contributed by atoms with Gasteiger partial charge in [0.25, 0.3) is 0 Å². The van der Waals surface area contributed by atoms with Gasteiger partial charge in [0.15, 0.2) is 6.29 Å². The topological polar surface area (TPSA) is 175 Å². The smallest absolute Gasteiger partial charge is 0.305 e. The van der Waals surface area contributed by atoms with E-state index < -0.39 is 49.5 Å². The summed E-state index contributed by atoms with van der Waals surface area (Å²) in [4.78, 5) is 25.1. The van der Waals surface area contributed by atoms with E-state index in [1.54, 1.807) is 6.08 Å². The summed E-state index contributed by atoms with van der Waals surface area (Å²) >= 11 is 0. The number of esters is 1. The Morgan fingerprint density at radius 3 is 1.45 bits per heavy atom. The molecule has 0 aromatic rings. The quantitative estimate of drug-likeness (QED) is 0.0195. The molecular formula is C65H113NO10. The van der Waals surface area contributed by atoms with Gasteiger partial charge in [0, 0.05) is 12.8 Å². The summed E-state index contributed by atoms with van der Waals surface area (Å²) in [7, 11) is 0. The van der Waals surface area contributed by atoms with Crippen molar-refractivity contribution in [2.45, 2.75) is 294 Å². The van der Waals surface area contributed by atoms with Crippen LogP contribution in [0.1, 0.15) is 251 Å². The predicted molar refractivity (Wildman–Crippen MR) is 315 cm³/mol. The molecule has 0 radical (unpaired) electrons. The first-order chi connectivity index (χ1) is 37.2. The third kappa shape index (κ3) is 42.8. The zero-order chi connectivity index (χ0) is 55.2. The minimum atomic E-state index is -1.58. The van der Waals surface area contributed by atoms with Crippen molar-refractivity contribution in [3.63, 3.8) is 0 Å². The highest BCUT2D eigenvalue weighted by Crippen LogP contribution is 2.23. The van der Waals surface area contributed by atoms with Crippen LogP contribution in [0, 0.1) is 0 Å². The van der Waals surface area contributed by atoms with E-state index in [-0.39, 0.29) is 18.5 Å². The van der Waals surface area contributed by atoms with Crippen molar-refractivity contribution >= 4 is 11.9 Å². The molecule has 0 aromatic heterocycles. The van der Waals surface area contributed by atoms with Gasteiger partial charge in [-0.2, -0.15) is 0 Å². The molecular weight excluding hydrogens is 955 g/mol. The lowest BCUT2D eigenvalue weighted by atomic mass is 9.99. The normalized spacial score (nSPS) is 19.3. The number of allylic oxidation sites excluding steroid dienone is 13. The number of aliphatic hydroxyl groups excluding tert-OH is 5. The number of rotatable bonds is 52. The summed E-state index contributed by atoms with van der Waals surface area (Å²) in [6, 6.07) is -0.843. The molecule has 0 aromatic carbocycles. The molecule has 7 unspecified atom stereocenters. The van der Waals surface area contributed by atoms with Crippen molar-refractivity contribution in [2.24, 2.45) is 0 Å². The number of amides is 1. The summed E-state index contributed by atoms with van der Waals surface area (Å²) in [5, 5.41) is 54.1. The molecule has 1 amide bonds. The van der Waals surface area contributed by atoms with Gasteiger partial charge in [0.1, 0.15) is 24.4 Å². The fraction of sp³-hybridized carbons (Fsp3) is 0.754. The molecule has 1 saturated heterocycles. The van der Waals surface area contributed by atoms with Crippen LogP contribution in [0.5, 0.6) is 0 Å². The van der Waals surface area contributed by atoms with Crippen molar-refractivity contribution in [3.8, 4) is 0 Å². The zero-order valence-corrected chi connectivity index (χ0v) is 48.2. The third-order valence-electron chi connectivity index (χ3n) is 14.0. The molecule has 1 fully saturated rings. The molecule has 0 spiro atoms. The molecule has 11 nitrogen and oxygen atoms in total. The van der Waals surface area contributed by atoms with Crippen LogP contribution in [0.4, 0.5) is 0 Å². The molecule has 76 heavy (non-hydrogen) atoms. The van der Waals surface area contributed by atoms with Gasteiger partial charge in [-0.15, -0.1) is 0 Å². The Hall–Kier alpha value is -3.16. The summed E-state index contributed by atoms with van der Waals surface area (Å²) in [6.45, 7) is 4.04. The SMILES string of the molecule is C/C=C/CC/C=C/CC/C=C/C(O)C(COC1OC(CO)C(O)C(O)C1O)NC(=O)CCCCCCCCC/C=C\C/C=C\CCCCCCCCCCCOC(=O)CCCCCCC/C=C\C/C=C\CCCCCC. The Labute approximate surface area is 463 Å². The van der Waals surface area contributed by atoms with Gasteiger partial charge in [-0.3, -0.25) is 9.59 Å². The van der Waals surface area contributed by atoms with Crippen LogP contribution in [0.3, 0.4) is 0 Å². The van der Waals surface area contributed by atoms with Crippen LogP contribution >= 0.6 is 0 Å². The van der Waals surface area contributed by atoms with Crippen LogP contribution in [-0.4, -0.2) is 100 Å². The van der Waals surface area contributed by atoms with E-state index in [9.17, 15) is 35.1 Å². The Balaban J connectivity index is 2.02. The monoisotopic (exact) mass is 1070 g/mol. The van der Waals surface area contributed by atoms with Gasteiger partial charge in [-0.1, -0.05) is 208 Å². The Bertz CT molecular complexity index is 1540. The molecule has 0 saturated carbocycles. The fourth-order valence-electron chi connectivity index (χ4n) is 9.12. The highest BCUT2D eigenvalue weighted by Gasteiger charge is 2.44. The zero-order valence-electron chi connectivity index (χ0n) is 48.2. The predicted octanol–water partition coefficient (Wildman–Crippen LogP) is 14.6. The molecule has 6 N–H and O–H groups in total. The first kappa shape index (κ1) is 70.9. The Morgan fingerprint density at radius 2 is 0.947 bits per heavy atom. The number of carbonyl (C=O) groups is 2. The summed E-state index contributed by atoms with van der Waals surface area (Å²) in [5.74, 6) is -0.232. The van der Waals surface area contributed by atoms with Crippen LogP contribution < -0.4 is 5.32 Å². The van der Waals surface area contributed by atoms with Crippen molar-refractivity contribution in [1.29, 1.82) is 0 Å². The average molecular weight is 1070 g/mol. The maximum Gasteiger partial charge on any atom is 0.305 e. The summed E-state index contributed by atoms with van der Waals surface area (Å²) in [5.41, 5.74) is 0. The molecule has 1 aliphatic rings. The van der Waals surface area contributed by atoms with E-state index in [1.165, 1.54) is 116 Å². The van der Waals surface area contributed by atoms with Crippen molar-refractivity contribution < 1.29 is 49.3 Å². The summed E-state index contributed by atoms with van der Waals surface area (Å²) < 4.78 is 16.6. The van der Waals surface area contributed by atoms with Gasteiger partial charge >= 0.3 is 5.97 Å². The Morgan fingerprint density at radius 1 is 0.513 bits per heavy atom. The summed E-state index contributed by atoms with van der Waals surface area (Å²) in [6.07, 6.45) is 62.9. The second kappa shape index (κ2) is 53.8. The van der Waals surface area contributed by atoms with Crippen molar-refractivity contribution in [2.75, 3.05) is 19.8 Å². The van der Waals surface area contributed by atoms with E-state index in [1.807, 2.05) is 19.1 Å². The molecule has 1 rings (SSSR count). The van der Waals surface area contributed by atoms with Crippen molar-refractivity contribution in [3.05, 3.63) is 85.1 Å². The van der Waals surface area contributed by atoms with Gasteiger partial charge in [-0.25, -0.2) is 0 Å². The van der Waals surface area contributed by atoms with E-state index in [0.29, 0.717) is 25.9 Å². The fourth-order valence-corrected chi connectivity index (χ4v) is 9.12. The third-order valence-corrected chi connectivity index (χ3v) is 14.0.